The average Bonchev–Trinajstić information content (AvgIpc) is 2.22. The van der Waals surface area contributed by atoms with E-state index >= 15 is 0 Å². The highest BCUT2D eigenvalue weighted by Gasteiger charge is 2.22. The molecule has 0 saturated heterocycles. The first kappa shape index (κ1) is 13.6. The minimum absolute atomic E-state index is 0.148. The fourth-order valence-corrected chi connectivity index (χ4v) is 1.97. The Morgan fingerprint density at radius 1 is 1.44 bits per heavy atom. The van der Waals surface area contributed by atoms with Crippen LogP contribution in [-0.4, -0.2) is 29.4 Å². The smallest absolute Gasteiger partial charge is 0.0859 e. The second kappa shape index (κ2) is 6.33. The first-order valence-corrected chi connectivity index (χ1v) is 6.15. The summed E-state index contributed by atoms with van der Waals surface area (Å²) >= 11 is 3.33. The fraction of sp³-hybridized carbons (Fsp3) is 0.583. The Balaban J connectivity index is 2.62. The summed E-state index contributed by atoms with van der Waals surface area (Å²) < 4.78 is 6.22. The van der Waals surface area contributed by atoms with Crippen molar-refractivity contribution in [2.45, 2.75) is 32.5 Å². The lowest BCUT2D eigenvalue weighted by Crippen LogP contribution is -2.34. The molecule has 0 saturated carbocycles. The molecule has 1 rings (SSSR count). The van der Waals surface area contributed by atoms with Crippen LogP contribution in [0.25, 0.3) is 0 Å². The molecule has 3 nitrogen and oxygen atoms in total. The number of aliphatic hydroxyl groups excluding tert-OH is 1. The SMILES string of the molecule is COC(C(C)C)C(O)Cc1ccc(Br)cn1. The Kier molecular flexibility index (Phi) is 5.38. The molecule has 0 radical (unpaired) electrons. The molecule has 1 heterocycles. The number of nitrogens with zero attached hydrogens (tertiary/aromatic N) is 1. The lowest BCUT2D eigenvalue weighted by Gasteiger charge is -2.24. The number of ether oxygens (including phenoxy) is 1. The zero-order chi connectivity index (χ0) is 12.1. The largest absolute Gasteiger partial charge is 0.390 e. The molecule has 0 aliphatic rings. The Morgan fingerprint density at radius 3 is 2.56 bits per heavy atom. The van der Waals surface area contributed by atoms with Crippen molar-refractivity contribution in [3.63, 3.8) is 0 Å². The summed E-state index contributed by atoms with van der Waals surface area (Å²) in [7, 11) is 1.63. The molecule has 0 amide bonds. The van der Waals surface area contributed by atoms with E-state index in [0.717, 1.165) is 10.2 Å². The Labute approximate surface area is 105 Å². The second-order valence-electron chi connectivity index (χ2n) is 4.18. The van der Waals surface area contributed by atoms with Crippen LogP contribution in [0.2, 0.25) is 0 Å². The summed E-state index contributed by atoms with van der Waals surface area (Å²) in [5, 5.41) is 10.0. The van der Waals surface area contributed by atoms with E-state index in [9.17, 15) is 5.11 Å². The van der Waals surface area contributed by atoms with Gasteiger partial charge in [0.1, 0.15) is 0 Å². The van der Waals surface area contributed by atoms with Crippen LogP contribution < -0.4 is 0 Å². The van der Waals surface area contributed by atoms with Crippen LogP contribution >= 0.6 is 15.9 Å². The molecular weight excluding hydrogens is 270 g/mol. The van der Waals surface area contributed by atoms with Gasteiger partial charge in [0.2, 0.25) is 0 Å². The normalized spacial score (nSPS) is 15.1. The van der Waals surface area contributed by atoms with Crippen LogP contribution in [0.1, 0.15) is 19.5 Å². The summed E-state index contributed by atoms with van der Waals surface area (Å²) in [6.07, 6.45) is 1.59. The number of methoxy groups -OCH3 is 1. The summed E-state index contributed by atoms with van der Waals surface area (Å²) in [6.45, 7) is 4.07. The summed E-state index contributed by atoms with van der Waals surface area (Å²) in [6, 6.07) is 3.83. The number of hydrogen-bond donors (Lipinski definition) is 1. The van der Waals surface area contributed by atoms with E-state index in [1.807, 2.05) is 26.0 Å². The Morgan fingerprint density at radius 2 is 2.12 bits per heavy atom. The van der Waals surface area contributed by atoms with E-state index in [0.29, 0.717) is 6.42 Å². The number of rotatable bonds is 5. The highest BCUT2D eigenvalue weighted by molar-refractivity contribution is 9.10. The quantitative estimate of drug-likeness (QED) is 0.904. The van der Waals surface area contributed by atoms with Crippen molar-refractivity contribution in [1.82, 2.24) is 4.98 Å². The minimum atomic E-state index is -0.515. The third kappa shape index (κ3) is 3.85. The first-order valence-electron chi connectivity index (χ1n) is 5.36. The van der Waals surface area contributed by atoms with Crippen LogP contribution in [-0.2, 0) is 11.2 Å². The lowest BCUT2D eigenvalue weighted by molar-refractivity contribution is -0.0371. The van der Waals surface area contributed by atoms with Gasteiger partial charge in [-0.05, 0) is 34.0 Å². The maximum Gasteiger partial charge on any atom is 0.0859 e. The third-order valence-corrected chi connectivity index (χ3v) is 2.98. The van der Waals surface area contributed by atoms with Gasteiger partial charge in [-0.25, -0.2) is 0 Å². The van der Waals surface area contributed by atoms with E-state index in [1.165, 1.54) is 0 Å². The van der Waals surface area contributed by atoms with Crippen LogP contribution in [0.5, 0.6) is 0 Å². The van der Waals surface area contributed by atoms with Crippen molar-refractivity contribution in [2.75, 3.05) is 7.11 Å². The lowest BCUT2D eigenvalue weighted by atomic mass is 9.98. The molecule has 1 aromatic heterocycles. The summed E-state index contributed by atoms with van der Waals surface area (Å²) in [5.41, 5.74) is 0.874. The van der Waals surface area contributed by atoms with Gasteiger partial charge in [-0.2, -0.15) is 0 Å². The van der Waals surface area contributed by atoms with Crippen LogP contribution in [0, 0.1) is 5.92 Å². The maximum absolute atomic E-state index is 10.0. The van der Waals surface area contributed by atoms with E-state index in [-0.39, 0.29) is 12.0 Å². The molecule has 0 fully saturated rings. The number of halogens is 1. The van der Waals surface area contributed by atoms with E-state index in [2.05, 4.69) is 20.9 Å². The third-order valence-electron chi connectivity index (χ3n) is 2.52. The van der Waals surface area contributed by atoms with Gasteiger partial charge in [-0.15, -0.1) is 0 Å². The molecular formula is C12H18BrNO2. The number of pyridine rings is 1. The van der Waals surface area contributed by atoms with E-state index in [4.69, 9.17) is 4.74 Å². The number of aliphatic hydroxyl groups is 1. The predicted octanol–water partition coefficient (Wildman–Crippen LogP) is 2.42. The van der Waals surface area contributed by atoms with Gasteiger partial charge < -0.3 is 9.84 Å². The molecule has 90 valence electrons. The maximum atomic E-state index is 10.0. The van der Waals surface area contributed by atoms with Gasteiger partial charge in [0.05, 0.1) is 12.2 Å². The molecule has 2 atom stereocenters. The van der Waals surface area contributed by atoms with E-state index < -0.39 is 6.10 Å². The zero-order valence-corrected chi connectivity index (χ0v) is 11.4. The molecule has 0 aromatic carbocycles. The number of aromatic nitrogens is 1. The van der Waals surface area contributed by atoms with Crippen LogP contribution in [0.4, 0.5) is 0 Å². The van der Waals surface area contributed by atoms with Crippen molar-refractivity contribution in [1.29, 1.82) is 0 Å². The summed E-state index contributed by atoms with van der Waals surface area (Å²) in [5.74, 6) is 0.287. The van der Waals surface area contributed by atoms with Crippen molar-refractivity contribution in [3.8, 4) is 0 Å². The van der Waals surface area contributed by atoms with Gasteiger partial charge in [0.15, 0.2) is 0 Å². The van der Waals surface area contributed by atoms with Crippen molar-refractivity contribution in [3.05, 3.63) is 28.5 Å². The second-order valence-corrected chi connectivity index (χ2v) is 5.10. The monoisotopic (exact) mass is 287 g/mol. The minimum Gasteiger partial charge on any atom is -0.390 e. The standard InChI is InChI=1S/C12H18BrNO2/c1-8(2)12(16-3)11(15)6-10-5-4-9(13)7-14-10/h4-5,7-8,11-12,15H,6H2,1-3H3. The van der Waals surface area contributed by atoms with Gasteiger partial charge in [-0.3, -0.25) is 4.98 Å². The highest BCUT2D eigenvalue weighted by atomic mass is 79.9. The molecule has 1 aromatic rings. The fourth-order valence-electron chi connectivity index (χ4n) is 1.73. The van der Waals surface area contributed by atoms with Gasteiger partial charge in [0.25, 0.3) is 0 Å². The number of hydrogen-bond acceptors (Lipinski definition) is 3. The molecule has 0 aliphatic heterocycles. The predicted molar refractivity (Wildman–Crippen MR) is 67.3 cm³/mol. The van der Waals surface area contributed by atoms with Crippen molar-refractivity contribution in [2.24, 2.45) is 5.92 Å². The molecule has 1 N–H and O–H groups in total. The van der Waals surface area contributed by atoms with Gasteiger partial charge >= 0.3 is 0 Å². The molecule has 16 heavy (non-hydrogen) atoms. The molecule has 0 spiro atoms. The van der Waals surface area contributed by atoms with Gasteiger partial charge in [0, 0.05) is 29.9 Å². The van der Waals surface area contributed by atoms with Crippen LogP contribution in [0.15, 0.2) is 22.8 Å². The first-order chi connectivity index (χ1) is 7.54. The van der Waals surface area contributed by atoms with Crippen LogP contribution in [0.3, 0.4) is 0 Å². The molecule has 0 aliphatic carbocycles. The summed E-state index contributed by atoms with van der Waals surface area (Å²) in [4.78, 5) is 4.23. The molecule has 4 heteroatoms. The topological polar surface area (TPSA) is 42.4 Å². The highest BCUT2D eigenvalue weighted by Crippen LogP contribution is 2.15. The average molecular weight is 288 g/mol. The van der Waals surface area contributed by atoms with Crippen molar-refractivity contribution >= 4 is 15.9 Å². The zero-order valence-electron chi connectivity index (χ0n) is 9.85. The van der Waals surface area contributed by atoms with Gasteiger partial charge in [-0.1, -0.05) is 13.8 Å². The molecule has 0 bridgehead atoms. The van der Waals surface area contributed by atoms with E-state index in [1.54, 1.807) is 13.3 Å². The van der Waals surface area contributed by atoms with Crippen molar-refractivity contribution < 1.29 is 9.84 Å². The molecule has 2 unspecified atom stereocenters. The Bertz CT molecular complexity index is 313. The Hall–Kier alpha value is -0.450.